The lowest BCUT2D eigenvalue weighted by molar-refractivity contribution is -0.112. The molecule has 0 unspecified atom stereocenters. The van der Waals surface area contributed by atoms with Crippen LogP contribution in [0.25, 0.3) is 0 Å². The van der Waals surface area contributed by atoms with Gasteiger partial charge < -0.3 is 4.52 Å². The van der Waals surface area contributed by atoms with Gasteiger partial charge in [0.1, 0.15) is 5.76 Å². The number of phosphoric ester groups is 1. The number of ketones is 1. The van der Waals surface area contributed by atoms with Crippen LogP contribution in [0.15, 0.2) is 11.8 Å². The highest BCUT2D eigenvalue weighted by molar-refractivity contribution is 7.48. The fourth-order valence-corrected chi connectivity index (χ4v) is 2.17. The van der Waals surface area contributed by atoms with Crippen LogP contribution in [0.5, 0.6) is 0 Å². The molecule has 0 saturated carbocycles. The topological polar surface area (TPSA) is 61.8 Å². The predicted octanol–water partition coefficient (Wildman–Crippen LogP) is 2.90. The van der Waals surface area contributed by atoms with E-state index in [1.165, 1.54) is 6.92 Å². The Balaban J connectivity index is 4.57. The van der Waals surface area contributed by atoms with Gasteiger partial charge in [0.05, 0.1) is 19.1 Å². The van der Waals surface area contributed by atoms with Crippen molar-refractivity contribution < 1.29 is 22.9 Å². The minimum Gasteiger partial charge on any atom is -0.409 e. The van der Waals surface area contributed by atoms with Crippen molar-refractivity contribution in [3.05, 3.63) is 11.8 Å². The van der Waals surface area contributed by atoms with Crippen LogP contribution in [0.3, 0.4) is 0 Å². The standard InChI is InChI=1S/C9H16ClO5P/c1-4-13-16(12,14-5-2)15-8(3)6-9(11)7-10/h6H,4-5,7H2,1-3H3/b8-6+. The largest absolute Gasteiger partial charge is 0.529 e. The van der Waals surface area contributed by atoms with Crippen molar-refractivity contribution in [3.63, 3.8) is 0 Å². The molecule has 94 valence electrons. The van der Waals surface area contributed by atoms with Crippen LogP contribution in [0.2, 0.25) is 0 Å². The predicted molar refractivity (Wildman–Crippen MR) is 61.4 cm³/mol. The molecule has 0 heterocycles. The van der Waals surface area contributed by atoms with E-state index in [-0.39, 0.29) is 30.6 Å². The van der Waals surface area contributed by atoms with E-state index >= 15 is 0 Å². The Hall–Kier alpha value is -0.350. The fraction of sp³-hybridized carbons (Fsp3) is 0.667. The molecule has 0 aliphatic carbocycles. The second kappa shape index (κ2) is 7.85. The third-order valence-electron chi connectivity index (χ3n) is 1.33. The fourth-order valence-electron chi connectivity index (χ4n) is 0.874. The molecule has 0 bridgehead atoms. The summed E-state index contributed by atoms with van der Waals surface area (Å²) in [4.78, 5) is 11.0. The van der Waals surface area contributed by atoms with Gasteiger partial charge in [-0.3, -0.25) is 13.8 Å². The third kappa shape index (κ3) is 6.28. The first-order chi connectivity index (χ1) is 7.47. The number of hydrogen-bond acceptors (Lipinski definition) is 5. The Morgan fingerprint density at radius 1 is 1.31 bits per heavy atom. The van der Waals surface area contributed by atoms with Gasteiger partial charge >= 0.3 is 7.82 Å². The first-order valence-electron chi connectivity index (χ1n) is 4.83. The Bertz CT molecular complexity index is 292. The molecule has 0 aromatic rings. The summed E-state index contributed by atoms with van der Waals surface area (Å²) in [6, 6.07) is 0. The van der Waals surface area contributed by atoms with Gasteiger partial charge in [-0.2, -0.15) is 0 Å². The molecule has 16 heavy (non-hydrogen) atoms. The molecular formula is C9H16ClO5P. The number of halogens is 1. The van der Waals surface area contributed by atoms with E-state index < -0.39 is 7.82 Å². The van der Waals surface area contributed by atoms with Crippen molar-refractivity contribution in [1.82, 2.24) is 0 Å². The van der Waals surface area contributed by atoms with E-state index in [0.29, 0.717) is 0 Å². The summed E-state index contributed by atoms with van der Waals surface area (Å²) in [5, 5.41) is 0. The van der Waals surface area contributed by atoms with Gasteiger partial charge in [-0.15, -0.1) is 11.6 Å². The van der Waals surface area contributed by atoms with Gasteiger partial charge in [-0.05, 0) is 20.8 Å². The maximum absolute atomic E-state index is 11.8. The minimum absolute atomic E-state index is 0.149. The van der Waals surface area contributed by atoms with E-state index in [0.717, 1.165) is 6.08 Å². The molecule has 0 radical (unpaired) electrons. The lowest BCUT2D eigenvalue weighted by Crippen LogP contribution is -2.01. The van der Waals surface area contributed by atoms with E-state index in [4.69, 9.17) is 25.2 Å². The highest BCUT2D eigenvalue weighted by Gasteiger charge is 2.27. The average molecular weight is 271 g/mol. The van der Waals surface area contributed by atoms with Crippen LogP contribution in [0, 0.1) is 0 Å². The molecule has 0 rings (SSSR count). The number of alkyl halides is 1. The molecular weight excluding hydrogens is 255 g/mol. The zero-order valence-corrected chi connectivity index (χ0v) is 11.2. The third-order valence-corrected chi connectivity index (χ3v) is 3.25. The van der Waals surface area contributed by atoms with Gasteiger partial charge in [0.2, 0.25) is 0 Å². The van der Waals surface area contributed by atoms with Crippen molar-refractivity contribution in [3.8, 4) is 0 Å². The number of carbonyl (C=O) groups excluding carboxylic acids is 1. The van der Waals surface area contributed by atoms with Gasteiger partial charge in [-0.25, -0.2) is 4.57 Å². The minimum atomic E-state index is -3.61. The Morgan fingerprint density at radius 2 is 1.81 bits per heavy atom. The lowest BCUT2D eigenvalue weighted by atomic mass is 10.4. The normalized spacial score (nSPS) is 12.6. The Morgan fingerprint density at radius 3 is 2.19 bits per heavy atom. The first kappa shape index (κ1) is 15.7. The Kier molecular flexibility index (Phi) is 7.68. The summed E-state index contributed by atoms with van der Waals surface area (Å²) in [7, 11) is -3.61. The summed E-state index contributed by atoms with van der Waals surface area (Å²) in [6.45, 7) is 5.19. The molecule has 0 spiro atoms. The molecule has 7 heteroatoms. The van der Waals surface area contributed by atoms with E-state index in [2.05, 4.69) is 0 Å². The van der Waals surface area contributed by atoms with Gasteiger partial charge in [0.15, 0.2) is 5.78 Å². The van der Waals surface area contributed by atoms with Crippen LogP contribution in [0.1, 0.15) is 20.8 Å². The average Bonchev–Trinajstić information content (AvgIpc) is 2.17. The molecule has 0 fully saturated rings. The summed E-state index contributed by atoms with van der Waals surface area (Å²) in [5.74, 6) is -0.344. The highest BCUT2D eigenvalue weighted by atomic mass is 35.5. The highest BCUT2D eigenvalue weighted by Crippen LogP contribution is 2.50. The van der Waals surface area contributed by atoms with Crippen LogP contribution < -0.4 is 0 Å². The van der Waals surface area contributed by atoms with Gasteiger partial charge in [0, 0.05) is 6.08 Å². The van der Waals surface area contributed by atoms with Gasteiger partial charge in [-0.1, -0.05) is 0 Å². The van der Waals surface area contributed by atoms with Crippen LogP contribution in [-0.2, 0) is 22.9 Å². The van der Waals surface area contributed by atoms with Crippen molar-refractivity contribution >= 4 is 25.2 Å². The molecule has 0 aromatic carbocycles. The smallest absolute Gasteiger partial charge is 0.409 e. The van der Waals surface area contributed by atoms with Crippen molar-refractivity contribution in [2.24, 2.45) is 0 Å². The van der Waals surface area contributed by atoms with Crippen molar-refractivity contribution in [2.75, 3.05) is 19.1 Å². The zero-order chi connectivity index (χ0) is 12.6. The van der Waals surface area contributed by atoms with E-state index in [9.17, 15) is 9.36 Å². The van der Waals surface area contributed by atoms with Crippen molar-refractivity contribution in [1.29, 1.82) is 0 Å². The Labute approximate surface area is 100 Å². The van der Waals surface area contributed by atoms with Crippen LogP contribution in [-0.4, -0.2) is 24.9 Å². The maximum atomic E-state index is 11.8. The second-order valence-corrected chi connectivity index (χ2v) is 4.59. The van der Waals surface area contributed by atoms with Crippen molar-refractivity contribution in [2.45, 2.75) is 20.8 Å². The molecule has 5 nitrogen and oxygen atoms in total. The molecule has 0 N–H and O–H groups in total. The summed E-state index contributed by atoms with van der Waals surface area (Å²) in [6.07, 6.45) is 1.15. The monoisotopic (exact) mass is 270 g/mol. The molecule has 0 atom stereocenters. The molecule has 0 saturated heterocycles. The van der Waals surface area contributed by atoms with E-state index in [1.807, 2.05) is 0 Å². The molecule has 0 amide bonds. The lowest BCUT2D eigenvalue weighted by Gasteiger charge is -2.16. The number of hydrogen-bond donors (Lipinski definition) is 0. The molecule has 0 aliphatic heterocycles. The van der Waals surface area contributed by atoms with Gasteiger partial charge in [0.25, 0.3) is 0 Å². The zero-order valence-electron chi connectivity index (χ0n) is 9.57. The summed E-state index contributed by atoms with van der Waals surface area (Å²) < 4.78 is 26.6. The number of phosphoric acid groups is 1. The summed E-state index contributed by atoms with van der Waals surface area (Å²) in [5.41, 5.74) is 0. The number of rotatable bonds is 8. The molecule has 0 aromatic heterocycles. The van der Waals surface area contributed by atoms with Crippen LogP contribution in [0.4, 0.5) is 0 Å². The SMILES string of the molecule is CCOP(=O)(OCC)O/C(C)=C/C(=O)CCl. The quantitative estimate of drug-likeness (QED) is 0.294. The second-order valence-electron chi connectivity index (χ2n) is 2.73. The first-order valence-corrected chi connectivity index (χ1v) is 6.82. The van der Waals surface area contributed by atoms with Crippen LogP contribution >= 0.6 is 19.4 Å². The number of carbonyl (C=O) groups is 1. The number of allylic oxidation sites excluding steroid dienone is 2. The summed E-state index contributed by atoms with van der Waals surface area (Å²) >= 11 is 5.31. The molecule has 0 aliphatic rings. The van der Waals surface area contributed by atoms with E-state index in [1.54, 1.807) is 13.8 Å². The maximum Gasteiger partial charge on any atom is 0.529 e.